The van der Waals surface area contributed by atoms with Gasteiger partial charge in [-0.3, -0.25) is 9.80 Å². The molecule has 4 fully saturated rings. The molecule has 0 aromatic carbocycles. The largest absolute Gasteiger partial charge is 0.379 e. The Balaban J connectivity index is 1.64. The SMILES string of the molecule is CN1[C@@H]2CCC[C@H]1[C@H]1[C@@H]2C1(C#N)N1CCOCC1. The van der Waals surface area contributed by atoms with Gasteiger partial charge in [0.25, 0.3) is 0 Å². The van der Waals surface area contributed by atoms with Crippen molar-refractivity contribution < 1.29 is 4.74 Å². The van der Waals surface area contributed by atoms with Crippen molar-refractivity contribution in [3.05, 3.63) is 0 Å². The first-order valence-corrected chi connectivity index (χ1v) is 7.26. The van der Waals surface area contributed by atoms with Gasteiger partial charge in [-0.25, -0.2) is 0 Å². The maximum absolute atomic E-state index is 9.81. The molecule has 5 atom stereocenters. The van der Waals surface area contributed by atoms with Crippen LogP contribution in [-0.2, 0) is 4.74 Å². The zero-order valence-corrected chi connectivity index (χ0v) is 11.0. The molecule has 0 spiro atoms. The predicted molar refractivity (Wildman–Crippen MR) is 66.9 cm³/mol. The molecule has 3 aliphatic heterocycles. The standard InChI is InChI=1S/C14H21N3O/c1-16-10-3-2-4-11(16)13-12(10)14(13,9-15)17-5-7-18-8-6-17/h10-13H,2-8H2,1H3/t10-,11+,12-,13+,14?. The van der Waals surface area contributed by atoms with Crippen molar-refractivity contribution in [2.24, 2.45) is 11.8 Å². The minimum atomic E-state index is -0.133. The second kappa shape index (κ2) is 3.69. The fraction of sp³-hybridized carbons (Fsp3) is 0.929. The number of ether oxygens (including phenoxy) is 1. The second-order valence-corrected chi connectivity index (χ2v) is 6.32. The Hall–Kier alpha value is -0.630. The van der Waals surface area contributed by atoms with Crippen LogP contribution in [0.3, 0.4) is 0 Å². The molecule has 4 rings (SSSR count). The van der Waals surface area contributed by atoms with E-state index in [9.17, 15) is 5.26 Å². The number of fused-ring (bicyclic) bond motifs is 5. The lowest BCUT2D eigenvalue weighted by Crippen LogP contribution is -2.54. The molecule has 3 heterocycles. The van der Waals surface area contributed by atoms with E-state index in [-0.39, 0.29) is 5.54 Å². The van der Waals surface area contributed by atoms with Gasteiger partial charge < -0.3 is 4.74 Å². The number of morpholine rings is 1. The van der Waals surface area contributed by atoms with E-state index in [2.05, 4.69) is 22.9 Å². The molecule has 1 unspecified atom stereocenters. The molecule has 0 N–H and O–H groups in total. The lowest BCUT2D eigenvalue weighted by atomic mass is 9.91. The number of nitrogens with zero attached hydrogens (tertiary/aromatic N) is 3. The van der Waals surface area contributed by atoms with Crippen molar-refractivity contribution in [2.75, 3.05) is 33.4 Å². The van der Waals surface area contributed by atoms with Crippen molar-refractivity contribution in [1.29, 1.82) is 5.26 Å². The maximum Gasteiger partial charge on any atom is 0.118 e. The quantitative estimate of drug-likeness (QED) is 0.683. The molecule has 98 valence electrons. The topological polar surface area (TPSA) is 39.5 Å². The van der Waals surface area contributed by atoms with Gasteiger partial charge in [-0.05, 0) is 19.9 Å². The van der Waals surface area contributed by atoms with Crippen molar-refractivity contribution >= 4 is 0 Å². The van der Waals surface area contributed by atoms with Gasteiger partial charge in [-0.1, -0.05) is 6.42 Å². The van der Waals surface area contributed by atoms with Crippen molar-refractivity contribution in [3.63, 3.8) is 0 Å². The van der Waals surface area contributed by atoms with Gasteiger partial charge >= 0.3 is 0 Å². The van der Waals surface area contributed by atoms with Crippen LogP contribution < -0.4 is 0 Å². The summed E-state index contributed by atoms with van der Waals surface area (Å²) in [5, 5.41) is 9.81. The van der Waals surface area contributed by atoms with E-state index in [1.165, 1.54) is 19.3 Å². The summed E-state index contributed by atoms with van der Waals surface area (Å²) >= 11 is 0. The average molecular weight is 247 g/mol. The van der Waals surface area contributed by atoms with Crippen LogP contribution in [0.4, 0.5) is 0 Å². The van der Waals surface area contributed by atoms with Gasteiger partial charge in [0.15, 0.2) is 0 Å². The third kappa shape index (κ3) is 1.16. The Morgan fingerprint density at radius 1 is 1.17 bits per heavy atom. The smallest absolute Gasteiger partial charge is 0.118 e. The van der Waals surface area contributed by atoms with Gasteiger partial charge in [0.1, 0.15) is 5.54 Å². The van der Waals surface area contributed by atoms with E-state index >= 15 is 0 Å². The van der Waals surface area contributed by atoms with E-state index in [4.69, 9.17) is 4.74 Å². The molecule has 1 aliphatic carbocycles. The van der Waals surface area contributed by atoms with Crippen LogP contribution in [0, 0.1) is 23.2 Å². The number of piperidine rings is 2. The molecule has 1 saturated carbocycles. The highest BCUT2D eigenvalue weighted by Gasteiger charge is 2.78. The molecule has 4 aliphatic rings. The molecule has 3 saturated heterocycles. The van der Waals surface area contributed by atoms with E-state index < -0.39 is 0 Å². The summed E-state index contributed by atoms with van der Waals surface area (Å²) in [4.78, 5) is 5.00. The Labute approximate surface area is 108 Å². The summed E-state index contributed by atoms with van der Waals surface area (Å²) in [6.45, 7) is 3.50. The van der Waals surface area contributed by atoms with Crippen molar-refractivity contribution in [1.82, 2.24) is 9.80 Å². The number of hydrogen-bond donors (Lipinski definition) is 0. The van der Waals surface area contributed by atoms with Gasteiger partial charge in [0, 0.05) is 37.0 Å². The highest BCUT2D eigenvalue weighted by atomic mass is 16.5. The maximum atomic E-state index is 9.81. The van der Waals surface area contributed by atoms with E-state index in [1.54, 1.807) is 0 Å². The van der Waals surface area contributed by atoms with Gasteiger partial charge in [-0.15, -0.1) is 0 Å². The third-order valence-electron chi connectivity index (χ3n) is 5.88. The van der Waals surface area contributed by atoms with Gasteiger partial charge in [0.2, 0.25) is 0 Å². The highest BCUT2D eigenvalue weighted by molar-refractivity contribution is 5.38. The lowest BCUT2D eigenvalue weighted by molar-refractivity contribution is -0.00284. The number of rotatable bonds is 1. The third-order valence-corrected chi connectivity index (χ3v) is 5.88. The normalized spacial score (nSPS) is 51.8. The van der Waals surface area contributed by atoms with Gasteiger partial charge in [0.05, 0.1) is 19.3 Å². The van der Waals surface area contributed by atoms with E-state index in [1.807, 2.05) is 0 Å². The molecular formula is C14H21N3O. The summed E-state index contributed by atoms with van der Waals surface area (Å²) in [7, 11) is 2.27. The Morgan fingerprint density at radius 3 is 2.33 bits per heavy atom. The van der Waals surface area contributed by atoms with Crippen molar-refractivity contribution in [2.45, 2.75) is 36.9 Å². The zero-order valence-electron chi connectivity index (χ0n) is 11.0. The van der Waals surface area contributed by atoms with Crippen molar-refractivity contribution in [3.8, 4) is 6.07 Å². The molecule has 2 bridgehead atoms. The van der Waals surface area contributed by atoms with Crippen LogP contribution in [0.15, 0.2) is 0 Å². The highest BCUT2D eigenvalue weighted by Crippen LogP contribution is 2.67. The van der Waals surface area contributed by atoms with Crippen LogP contribution in [0.1, 0.15) is 19.3 Å². The molecule has 18 heavy (non-hydrogen) atoms. The first kappa shape index (κ1) is 11.2. The van der Waals surface area contributed by atoms with Crippen LogP contribution in [0.25, 0.3) is 0 Å². The Morgan fingerprint density at radius 2 is 1.78 bits per heavy atom. The first-order valence-electron chi connectivity index (χ1n) is 7.26. The van der Waals surface area contributed by atoms with Crippen LogP contribution in [0.2, 0.25) is 0 Å². The summed E-state index contributed by atoms with van der Waals surface area (Å²) < 4.78 is 5.44. The van der Waals surface area contributed by atoms with Crippen LogP contribution >= 0.6 is 0 Å². The average Bonchev–Trinajstić information content (AvgIpc) is 3.06. The molecule has 4 heteroatoms. The summed E-state index contributed by atoms with van der Waals surface area (Å²) in [5.41, 5.74) is -0.133. The van der Waals surface area contributed by atoms with Crippen LogP contribution in [-0.4, -0.2) is 60.8 Å². The minimum Gasteiger partial charge on any atom is -0.379 e. The van der Waals surface area contributed by atoms with Gasteiger partial charge in [-0.2, -0.15) is 5.26 Å². The predicted octanol–water partition coefficient (Wildman–Crippen LogP) is 0.693. The molecule has 4 nitrogen and oxygen atoms in total. The van der Waals surface area contributed by atoms with E-state index in [0.717, 1.165) is 26.3 Å². The number of hydrogen-bond acceptors (Lipinski definition) is 4. The minimum absolute atomic E-state index is 0.133. The Kier molecular flexibility index (Phi) is 2.30. The number of nitriles is 1. The fourth-order valence-corrected chi connectivity index (χ4v) is 5.12. The summed E-state index contributed by atoms with van der Waals surface area (Å²) in [6.07, 6.45) is 3.95. The lowest BCUT2D eigenvalue weighted by Gasteiger charge is -2.42. The molecule has 0 aromatic rings. The first-order chi connectivity index (χ1) is 8.80. The summed E-state index contributed by atoms with van der Waals surface area (Å²) in [5.74, 6) is 1.22. The van der Waals surface area contributed by atoms with E-state index in [0.29, 0.717) is 23.9 Å². The molecule has 0 aromatic heterocycles. The Bertz CT molecular complexity index is 380. The molecule has 0 radical (unpaired) electrons. The zero-order chi connectivity index (χ0) is 12.3. The molecular weight excluding hydrogens is 226 g/mol. The monoisotopic (exact) mass is 247 g/mol. The molecule has 0 amide bonds. The second-order valence-electron chi connectivity index (χ2n) is 6.32. The van der Waals surface area contributed by atoms with Crippen LogP contribution in [0.5, 0.6) is 0 Å². The fourth-order valence-electron chi connectivity index (χ4n) is 5.12. The summed E-state index contributed by atoms with van der Waals surface area (Å²) in [6, 6.07) is 4.04.